The molecule has 0 spiro atoms. The molecule has 1 rings (SSSR count). The number of alkyl carbamates (subject to hydrolysis) is 1. The molecule has 0 bridgehead atoms. The zero-order valence-corrected chi connectivity index (χ0v) is 18.5. The average molecular weight is 420 g/mol. The molecule has 0 aromatic heterocycles. The van der Waals surface area contributed by atoms with Crippen molar-refractivity contribution < 1.29 is 19.1 Å². The van der Waals surface area contributed by atoms with E-state index in [1.54, 1.807) is 0 Å². The van der Waals surface area contributed by atoms with E-state index in [0.717, 1.165) is 24.8 Å². The van der Waals surface area contributed by atoms with Crippen molar-refractivity contribution in [2.75, 3.05) is 0 Å². The smallest absolute Gasteiger partial charge is 0.408 e. The van der Waals surface area contributed by atoms with Gasteiger partial charge >= 0.3 is 6.09 Å². The van der Waals surface area contributed by atoms with E-state index in [1.165, 1.54) is 19.3 Å². The number of primary amides is 1. The van der Waals surface area contributed by atoms with Crippen LogP contribution in [0.2, 0.25) is 0 Å². The molecule has 0 aliphatic heterocycles. The third-order valence-corrected chi connectivity index (χ3v) is 4.94. The number of nitrogens with one attached hydrogen (secondary N) is 2. The fraction of sp³-hybridized carbons (Fsp3) is 0.609. The second-order valence-electron chi connectivity index (χ2n) is 7.95. The molecule has 168 valence electrons. The topological polar surface area (TPSA) is 111 Å². The lowest BCUT2D eigenvalue weighted by Crippen LogP contribution is -2.54. The Morgan fingerprint density at radius 1 is 0.967 bits per heavy atom. The molecule has 0 radical (unpaired) electrons. The van der Waals surface area contributed by atoms with Crippen LogP contribution in [0.15, 0.2) is 30.3 Å². The Bertz CT molecular complexity index is 649. The fourth-order valence-electron chi connectivity index (χ4n) is 3.10. The summed E-state index contributed by atoms with van der Waals surface area (Å²) in [6.45, 7) is 5.90. The summed E-state index contributed by atoms with van der Waals surface area (Å²) in [5.41, 5.74) is 6.32. The number of unbranched alkanes of at least 4 members (excludes halogenated alkanes) is 5. The molecule has 0 aliphatic rings. The first-order chi connectivity index (χ1) is 14.3. The van der Waals surface area contributed by atoms with Crippen molar-refractivity contribution in [3.05, 3.63) is 35.9 Å². The molecule has 0 aliphatic carbocycles. The van der Waals surface area contributed by atoms with Crippen LogP contribution in [0.4, 0.5) is 4.79 Å². The zero-order chi connectivity index (χ0) is 22.4. The highest BCUT2D eigenvalue weighted by atomic mass is 16.5. The number of benzene rings is 1. The van der Waals surface area contributed by atoms with E-state index < -0.39 is 30.0 Å². The Morgan fingerprint density at radius 2 is 1.60 bits per heavy atom. The number of amides is 3. The predicted octanol–water partition coefficient (Wildman–Crippen LogP) is 3.66. The van der Waals surface area contributed by atoms with Gasteiger partial charge in [0.05, 0.1) is 0 Å². The highest BCUT2D eigenvalue weighted by Gasteiger charge is 2.28. The lowest BCUT2D eigenvalue weighted by atomic mass is 10.0. The highest BCUT2D eigenvalue weighted by Crippen LogP contribution is 2.10. The first-order valence-corrected chi connectivity index (χ1v) is 10.9. The van der Waals surface area contributed by atoms with Crippen molar-refractivity contribution in [3.63, 3.8) is 0 Å². The molecule has 7 heteroatoms. The van der Waals surface area contributed by atoms with Gasteiger partial charge in [-0.15, -0.1) is 0 Å². The van der Waals surface area contributed by atoms with Crippen LogP contribution in [-0.4, -0.2) is 30.0 Å². The second kappa shape index (κ2) is 14.4. The molecule has 3 amide bonds. The van der Waals surface area contributed by atoms with E-state index >= 15 is 0 Å². The van der Waals surface area contributed by atoms with Gasteiger partial charge in [-0.3, -0.25) is 9.59 Å². The summed E-state index contributed by atoms with van der Waals surface area (Å²) in [5.74, 6) is -1.18. The molecular formula is C23H37N3O4. The lowest BCUT2D eigenvalue weighted by molar-refractivity contribution is -0.129. The molecule has 0 heterocycles. The SMILES string of the molecule is CCCCCCCC[C@H](NC(=O)[C@@H](NC(=O)OCc1ccccc1)C(C)C)C(N)=O. The number of carbonyl (C=O) groups excluding carboxylic acids is 3. The summed E-state index contributed by atoms with van der Waals surface area (Å²) in [4.78, 5) is 36.6. The number of hydrogen-bond donors (Lipinski definition) is 3. The molecule has 0 saturated carbocycles. The fourth-order valence-corrected chi connectivity index (χ4v) is 3.10. The normalized spacial score (nSPS) is 12.8. The molecule has 7 nitrogen and oxygen atoms in total. The zero-order valence-electron chi connectivity index (χ0n) is 18.5. The summed E-state index contributed by atoms with van der Waals surface area (Å²) in [6.07, 6.45) is 6.30. The lowest BCUT2D eigenvalue weighted by Gasteiger charge is -2.24. The molecule has 30 heavy (non-hydrogen) atoms. The Kier molecular flexibility index (Phi) is 12.2. The monoisotopic (exact) mass is 419 g/mol. The molecule has 0 saturated heterocycles. The Labute approximate surface area is 180 Å². The summed E-state index contributed by atoms with van der Waals surface area (Å²) in [6, 6.07) is 7.72. The van der Waals surface area contributed by atoms with Crippen LogP contribution in [0.25, 0.3) is 0 Å². The minimum atomic E-state index is -0.820. The highest BCUT2D eigenvalue weighted by molar-refractivity contribution is 5.90. The summed E-state index contributed by atoms with van der Waals surface area (Å²) >= 11 is 0. The van der Waals surface area contributed by atoms with Crippen LogP contribution in [0.1, 0.15) is 71.3 Å². The maximum atomic E-state index is 12.7. The van der Waals surface area contributed by atoms with Crippen LogP contribution >= 0.6 is 0 Å². The number of ether oxygens (including phenoxy) is 1. The van der Waals surface area contributed by atoms with Gasteiger partial charge < -0.3 is 21.1 Å². The summed E-state index contributed by atoms with van der Waals surface area (Å²) < 4.78 is 5.20. The number of nitrogens with two attached hydrogens (primary N) is 1. The van der Waals surface area contributed by atoms with E-state index in [-0.39, 0.29) is 12.5 Å². The largest absolute Gasteiger partial charge is 0.445 e. The van der Waals surface area contributed by atoms with Crippen LogP contribution in [0.3, 0.4) is 0 Å². The maximum absolute atomic E-state index is 12.7. The van der Waals surface area contributed by atoms with E-state index in [4.69, 9.17) is 10.5 Å². The number of carbonyl (C=O) groups is 3. The first kappa shape index (κ1) is 25.5. The minimum Gasteiger partial charge on any atom is -0.445 e. The van der Waals surface area contributed by atoms with Crippen molar-refractivity contribution in [2.45, 2.75) is 84.4 Å². The Hall–Kier alpha value is -2.57. The molecule has 4 N–H and O–H groups in total. The molecule has 1 aromatic rings. The number of rotatable bonds is 14. The van der Waals surface area contributed by atoms with Gasteiger partial charge in [0.1, 0.15) is 18.7 Å². The van der Waals surface area contributed by atoms with E-state index in [9.17, 15) is 14.4 Å². The Morgan fingerprint density at radius 3 is 2.20 bits per heavy atom. The second-order valence-corrected chi connectivity index (χ2v) is 7.95. The van der Waals surface area contributed by atoms with E-state index in [0.29, 0.717) is 6.42 Å². The molecule has 2 atom stereocenters. The van der Waals surface area contributed by atoms with Crippen LogP contribution < -0.4 is 16.4 Å². The van der Waals surface area contributed by atoms with Crippen LogP contribution in [0.5, 0.6) is 0 Å². The number of hydrogen-bond acceptors (Lipinski definition) is 4. The van der Waals surface area contributed by atoms with Gasteiger partial charge in [0.15, 0.2) is 0 Å². The van der Waals surface area contributed by atoms with Crippen molar-refractivity contribution in [2.24, 2.45) is 11.7 Å². The predicted molar refractivity (Wildman–Crippen MR) is 118 cm³/mol. The molecular weight excluding hydrogens is 382 g/mol. The van der Waals surface area contributed by atoms with Crippen LogP contribution in [-0.2, 0) is 20.9 Å². The van der Waals surface area contributed by atoms with Gasteiger partial charge in [-0.2, -0.15) is 0 Å². The van der Waals surface area contributed by atoms with Crippen molar-refractivity contribution in [3.8, 4) is 0 Å². The maximum Gasteiger partial charge on any atom is 0.408 e. The summed E-state index contributed by atoms with van der Waals surface area (Å²) in [5, 5.41) is 5.29. The first-order valence-electron chi connectivity index (χ1n) is 10.9. The van der Waals surface area contributed by atoms with Crippen molar-refractivity contribution in [1.29, 1.82) is 0 Å². The van der Waals surface area contributed by atoms with Crippen molar-refractivity contribution in [1.82, 2.24) is 10.6 Å². The Balaban J connectivity index is 2.52. The van der Waals surface area contributed by atoms with Gasteiger partial charge in [0.25, 0.3) is 0 Å². The minimum absolute atomic E-state index is 0.112. The molecule has 0 unspecified atom stereocenters. The quantitative estimate of drug-likeness (QED) is 0.400. The van der Waals surface area contributed by atoms with Gasteiger partial charge in [-0.1, -0.05) is 89.6 Å². The van der Waals surface area contributed by atoms with E-state index in [1.807, 2.05) is 44.2 Å². The third-order valence-electron chi connectivity index (χ3n) is 4.94. The standard InChI is InChI=1S/C23H37N3O4/c1-4-5-6-7-8-12-15-19(21(24)27)25-22(28)20(17(2)3)26-23(29)30-16-18-13-10-9-11-14-18/h9-11,13-14,17,19-20H,4-8,12,15-16H2,1-3H3,(H2,24,27)(H,25,28)(H,26,29)/t19-,20-/m0/s1. The van der Waals surface area contributed by atoms with E-state index in [2.05, 4.69) is 17.6 Å². The van der Waals surface area contributed by atoms with Gasteiger partial charge in [-0.05, 0) is 17.9 Å². The van der Waals surface area contributed by atoms with Gasteiger partial charge in [0.2, 0.25) is 11.8 Å². The van der Waals surface area contributed by atoms with Crippen LogP contribution in [0, 0.1) is 5.92 Å². The molecule has 0 fully saturated rings. The third kappa shape index (κ3) is 10.3. The average Bonchev–Trinajstić information content (AvgIpc) is 2.72. The van der Waals surface area contributed by atoms with Gasteiger partial charge in [-0.25, -0.2) is 4.79 Å². The van der Waals surface area contributed by atoms with Gasteiger partial charge in [0, 0.05) is 0 Å². The molecule has 1 aromatic carbocycles. The van der Waals surface area contributed by atoms with Crippen molar-refractivity contribution >= 4 is 17.9 Å². The summed E-state index contributed by atoms with van der Waals surface area (Å²) in [7, 11) is 0.